The van der Waals surface area contributed by atoms with Gasteiger partial charge in [-0.15, -0.1) is 11.6 Å². The van der Waals surface area contributed by atoms with Gasteiger partial charge >= 0.3 is 6.18 Å². The summed E-state index contributed by atoms with van der Waals surface area (Å²) in [6.07, 6.45) is -2.36. The van der Waals surface area contributed by atoms with Gasteiger partial charge in [0.1, 0.15) is 0 Å². The Morgan fingerprint density at radius 1 is 1.20 bits per heavy atom. The van der Waals surface area contributed by atoms with Gasteiger partial charge in [-0.2, -0.15) is 13.2 Å². The van der Waals surface area contributed by atoms with Gasteiger partial charge in [-0.25, -0.2) is 0 Å². The van der Waals surface area contributed by atoms with Crippen LogP contribution in [0.1, 0.15) is 37.8 Å². The summed E-state index contributed by atoms with van der Waals surface area (Å²) in [5.41, 5.74) is 0.0854. The molecule has 0 atom stereocenters. The van der Waals surface area contributed by atoms with Gasteiger partial charge in [0.25, 0.3) is 0 Å². The Bertz CT molecular complexity index is 402. The molecule has 0 radical (unpaired) electrons. The minimum Gasteiger partial charge on any atom is -0.295 e. The van der Waals surface area contributed by atoms with Crippen molar-refractivity contribution in [3.8, 4) is 0 Å². The molecule has 0 unspecified atom stereocenters. The average molecular weight is 308 g/mol. The maximum atomic E-state index is 12.7. The van der Waals surface area contributed by atoms with Crippen LogP contribution in [0.15, 0.2) is 24.3 Å². The van der Waals surface area contributed by atoms with Crippen molar-refractivity contribution in [2.75, 3.05) is 12.4 Å². The van der Waals surface area contributed by atoms with Crippen LogP contribution >= 0.6 is 11.6 Å². The number of nitrogens with zero attached hydrogens (tertiary/aromatic N) is 1. The van der Waals surface area contributed by atoms with Crippen molar-refractivity contribution >= 4 is 11.6 Å². The van der Waals surface area contributed by atoms with E-state index in [9.17, 15) is 13.2 Å². The third-order valence-corrected chi connectivity index (χ3v) is 3.64. The standard InChI is InChI=1S/C15H21ClF3N/c1-3-14(4-2)20(9-8-16)11-12-6-5-7-13(10-12)15(17,18)19/h5-7,10,14H,3-4,8-9,11H2,1-2H3. The van der Waals surface area contributed by atoms with Crippen LogP contribution in [0, 0.1) is 0 Å². The maximum absolute atomic E-state index is 12.7. The summed E-state index contributed by atoms with van der Waals surface area (Å²) in [7, 11) is 0. The zero-order valence-electron chi connectivity index (χ0n) is 11.9. The van der Waals surface area contributed by atoms with E-state index < -0.39 is 11.7 Å². The highest BCUT2D eigenvalue weighted by Crippen LogP contribution is 2.30. The van der Waals surface area contributed by atoms with E-state index in [2.05, 4.69) is 18.7 Å². The van der Waals surface area contributed by atoms with Crippen LogP contribution in [0.3, 0.4) is 0 Å². The summed E-state index contributed by atoms with van der Waals surface area (Å²) in [6, 6.07) is 5.88. The monoisotopic (exact) mass is 307 g/mol. The summed E-state index contributed by atoms with van der Waals surface area (Å²) >= 11 is 5.80. The van der Waals surface area contributed by atoms with Crippen LogP contribution in [0.2, 0.25) is 0 Å². The van der Waals surface area contributed by atoms with Crippen molar-refractivity contribution in [1.82, 2.24) is 4.90 Å². The van der Waals surface area contributed by atoms with Crippen LogP contribution in [0.4, 0.5) is 13.2 Å². The predicted octanol–water partition coefficient (Wildman–Crippen LogP) is 4.93. The van der Waals surface area contributed by atoms with Crippen molar-refractivity contribution in [3.63, 3.8) is 0 Å². The smallest absolute Gasteiger partial charge is 0.295 e. The normalized spacial score (nSPS) is 12.4. The number of hydrogen-bond acceptors (Lipinski definition) is 1. The Hall–Kier alpha value is -0.740. The minimum atomic E-state index is -4.29. The molecule has 0 N–H and O–H groups in total. The maximum Gasteiger partial charge on any atom is 0.416 e. The zero-order valence-corrected chi connectivity index (χ0v) is 12.6. The fraction of sp³-hybridized carbons (Fsp3) is 0.600. The van der Waals surface area contributed by atoms with Gasteiger partial charge in [0.2, 0.25) is 0 Å². The molecule has 5 heteroatoms. The molecule has 1 aromatic rings. The first-order valence-corrected chi connectivity index (χ1v) is 7.42. The van der Waals surface area contributed by atoms with E-state index in [1.165, 1.54) is 12.1 Å². The molecule has 0 saturated heterocycles. The van der Waals surface area contributed by atoms with E-state index in [1.54, 1.807) is 6.07 Å². The lowest BCUT2D eigenvalue weighted by Crippen LogP contribution is -2.35. The molecule has 20 heavy (non-hydrogen) atoms. The second-order valence-corrected chi connectivity index (χ2v) is 5.21. The first-order chi connectivity index (χ1) is 9.42. The molecular weight excluding hydrogens is 287 g/mol. The Kier molecular flexibility index (Phi) is 6.83. The van der Waals surface area contributed by atoms with Gasteiger partial charge in [-0.1, -0.05) is 32.0 Å². The summed E-state index contributed by atoms with van der Waals surface area (Å²) in [5.74, 6) is 0.482. The van der Waals surface area contributed by atoms with E-state index >= 15 is 0 Å². The molecule has 0 heterocycles. The third kappa shape index (κ3) is 4.98. The lowest BCUT2D eigenvalue weighted by Gasteiger charge is -2.30. The van der Waals surface area contributed by atoms with Crippen LogP contribution in [-0.4, -0.2) is 23.4 Å². The van der Waals surface area contributed by atoms with Crippen LogP contribution in [-0.2, 0) is 12.7 Å². The van der Waals surface area contributed by atoms with Gasteiger partial charge in [0, 0.05) is 25.0 Å². The lowest BCUT2D eigenvalue weighted by molar-refractivity contribution is -0.137. The summed E-state index contributed by atoms with van der Waals surface area (Å²) in [5, 5.41) is 0. The van der Waals surface area contributed by atoms with Gasteiger partial charge < -0.3 is 0 Å². The molecule has 0 amide bonds. The Morgan fingerprint density at radius 2 is 1.85 bits per heavy atom. The second kappa shape index (κ2) is 7.89. The van der Waals surface area contributed by atoms with Crippen molar-refractivity contribution in [2.45, 2.75) is 45.5 Å². The van der Waals surface area contributed by atoms with Crippen molar-refractivity contribution < 1.29 is 13.2 Å². The number of benzene rings is 1. The van der Waals surface area contributed by atoms with E-state index in [-0.39, 0.29) is 0 Å². The summed E-state index contributed by atoms with van der Waals surface area (Å²) in [4.78, 5) is 2.16. The highest BCUT2D eigenvalue weighted by molar-refractivity contribution is 6.18. The largest absolute Gasteiger partial charge is 0.416 e. The Labute approximate surface area is 123 Å². The minimum absolute atomic E-state index is 0.350. The molecule has 1 aromatic carbocycles. The van der Waals surface area contributed by atoms with Gasteiger partial charge in [-0.05, 0) is 24.5 Å². The van der Waals surface area contributed by atoms with Gasteiger partial charge in [-0.3, -0.25) is 4.90 Å². The van der Waals surface area contributed by atoms with Gasteiger partial charge in [0.05, 0.1) is 5.56 Å². The van der Waals surface area contributed by atoms with E-state index in [4.69, 9.17) is 11.6 Å². The van der Waals surface area contributed by atoms with E-state index in [0.717, 1.165) is 18.9 Å². The molecule has 0 bridgehead atoms. The molecule has 1 nitrogen and oxygen atoms in total. The quantitative estimate of drug-likeness (QED) is 0.645. The lowest BCUT2D eigenvalue weighted by atomic mass is 10.1. The highest BCUT2D eigenvalue weighted by atomic mass is 35.5. The van der Waals surface area contributed by atoms with E-state index in [0.29, 0.717) is 30.6 Å². The molecule has 0 aliphatic heterocycles. The molecule has 0 spiro atoms. The van der Waals surface area contributed by atoms with Crippen LogP contribution < -0.4 is 0 Å². The van der Waals surface area contributed by atoms with Crippen molar-refractivity contribution in [3.05, 3.63) is 35.4 Å². The second-order valence-electron chi connectivity index (χ2n) is 4.83. The average Bonchev–Trinajstić information content (AvgIpc) is 2.39. The van der Waals surface area contributed by atoms with E-state index in [1.807, 2.05) is 0 Å². The molecule has 114 valence electrons. The molecule has 0 saturated carbocycles. The molecule has 0 aliphatic rings. The first-order valence-electron chi connectivity index (χ1n) is 6.88. The molecule has 0 aliphatic carbocycles. The number of halogens is 4. The van der Waals surface area contributed by atoms with Crippen molar-refractivity contribution in [2.24, 2.45) is 0 Å². The Balaban J connectivity index is 2.88. The Morgan fingerprint density at radius 3 is 2.35 bits per heavy atom. The fourth-order valence-corrected chi connectivity index (χ4v) is 2.60. The topological polar surface area (TPSA) is 3.24 Å². The number of alkyl halides is 4. The molecular formula is C15H21ClF3N. The summed E-state index contributed by atoms with van der Waals surface area (Å²) in [6.45, 7) is 5.36. The zero-order chi connectivity index (χ0) is 15.2. The molecule has 1 rings (SSSR count). The predicted molar refractivity (Wildman–Crippen MR) is 76.9 cm³/mol. The number of rotatable bonds is 7. The van der Waals surface area contributed by atoms with Crippen LogP contribution in [0.5, 0.6) is 0 Å². The van der Waals surface area contributed by atoms with Crippen molar-refractivity contribution in [1.29, 1.82) is 0 Å². The van der Waals surface area contributed by atoms with Crippen LogP contribution in [0.25, 0.3) is 0 Å². The summed E-state index contributed by atoms with van der Waals surface area (Å²) < 4.78 is 38.1. The highest BCUT2D eigenvalue weighted by Gasteiger charge is 2.30. The number of hydrogen-bond donors (Lipinski definition) is 0. The molecule has 0 aromatic heterocycles. The first kappa shape index (κ1) is 17.3. The molecule has 0 fully saturated rings. The SMILES string of the molecule is CCC(CC)N(CCCl)Cc1cccc(C(F)(F)F)c1. The van der Waals surface area contributed by atoms with Gasteiger partial charge in [0.15, 0.2) is 0 Å². The fourth-order valence-electron chi connectivity index (χ4n) is 2.38. The third-order valence-electron chi connectivity index (χ3n) is 3.47.